The van der Waals surface area contributed by atoms with E-state index in [4.69, 9.17) is 9.47 Å². The van der Waals surface area contributed by atoms with Gasteiger partial charge in [0.1, 0.15) is 20.8 Å². The fraction of sp³-hybridized carbons (Fsp3) is 0.481. The molecule has 194 valence electrons. The second kappa shape index (κ2) is 10.0. The fourth-order valence-corrected chi connectivity index (χ4v) is 5.13. The van der Waals surface area contributed by atoms with E-state index in [1.165, 1.54) is 18.4 Å². The lowest BCUT2D eigenvalue weighted by Crippen LogP contribution is -2.54. The molecule has 3 aromatic rings. The maximum atomic E-state index is 13.8. The normalized spacial score (nSPS) is 12.1. The Morgan fingerprint density at radius 2 is 1.61 bits per heavy atom. The lowest BCUT2D eigenvalue weighted by Gasteiger charge is -2.30. The van der Waals surface area contributed by atoms with Crippen molar-refractivity contribution < 1.29 is 19.1 Å². The van der Waals surface area contributed by atoms with Gasteiger partial charge < -0.3 is 9.47 Å². The number of nitrogens with zero attached hydrogens (tertiary/aromatic N) is 2. The third-order valence-electron chi connectivity index (χ3n) is 5.88. The number of aromatic nitrogens is 2. The van der Waals surface area contributed by atoms with Crippen LogP contribution >= 0.6 is 11.3 Å². The van der Waals surface area contributed by atoms with Crippen LogP contribution in [0.4, 0.5) is 0 Å². The molecular weight excluding hydrogens is 480 g/mol. The first-order chi connectivity index (χ1) is 16.7. The topological polar surface area (TPSA) is 96.6 Å². The van der Waals surface area contributed by atoms with Crippen LogP contribution in [0.15, 0.2) is 33.9 Å². The van der Waals surface area contributed by atoms with Crippen LogP contribution in [0.3, 0.4) is 0 Å². The van der Waals surface area contributed by atoms with Gasteiger partial charge in [-0.2, -0.15) is 0 Å². The Morgan fingerprint density at radius 1 is 1.00 bits per heavy atom. The van der Waals surface area contributed by atoms with Crippen LogP contribution in [0.2, 0.25) is 0 Å². The highest BCUT2D eigenvalue weighted by Gasteiger charge is 2.39. The van der Waals surface area contributed by atoms with E-state index in [-0.39, 0.29) is 23.4 Å². The summed E-state index contributed by atoms with van der Waals surface area (Å²) in [7, 11) is 0. The third kappa shape index (κ3) is 5.31. The van der Waals surface area contributed by atoms with E-state index < -0.39 is 34.3 Å². The van der Waals surface area contributed by atoms with Crippen LogP contribution < -0.4 is 11.2 Å². The molecule has 0 spiro atoms. The van der Waals surface area contributed by atoms with E-state index in [1.54, 1.807) is 34.6 Å². The molecule has 0 N–H and O–H groups in total. The highest BCUT2D eigenvalue weighted by atomic mass is 32.1. The van der Waals surface area contributed by atoms with Crippen molar-refractivity contribution in [3.8, 4) is 0 Å². The Balaban J connectivity index is 2.27. The van der Waals surface area contributed by atoms with Crippen molar-refractivity contribution in [2.24, 2.45) is 0 Å². The van der Waals surface area contributed by atoms with Crippen LogP contribution in [0.5, 0.6) is 0 Å². The fourth-order valence-electron chi connectivity index (χ4n) is 3.92. The number of ether oxygens (including phenoxy) is 2. The summed E-state index contributed by atoms with van der Waals surface area (Å²) in [6, 6.07) is 7.96. The van der Waals surface area contributed by atoms with E-state index in [9.17, 15) is 19.2 Å². The van der Waals surface area contributed by atoms with Crippen LogP contribution in [0.25, 0.3) is 10.2 Å². The SMILES string of the molecule is CCOC(=O)c1sc2c(c1C)c(=O)n(C(C)(C)C(=O)OC(C)(C)C)c(=O)n2CCc1ccc(C)cc1. The number of rotatable bonds is 7. The molecule has 2 heterocycles. The van der Waals surface area contributed by atoms with Gasteiger partial charge in [0.25, 0.3) is 5.56 Å². The second-order valence-corrected chi connectivity index (χ2v) is 11.3. The summed E-state index contributed by atoms with van der Waals surface area (Å²) in [5, 5.41) is 0.225. The van der Waals surface area contributed by atoms with Gasteiger partial charge in [0.05, 0.1) is 12.0 Å². The van der Waals surface area contributed by atoms with Gasteiger partial charge >= 0.3 is 17.6 Å². The van der Waals surface area contributed by atoms with Crippen LogP contribution in [-0.2, 0) is 32.8 Å². The smallest absolute Gasteiger partial charge is 0.348 e. The average Bonchev–Trinajstić information content (AvgIpc) is 3.11. The zero-order chi connectivity index (χ0) is 27.0. The molecule has 0 amide bonds. The number of aryl methyl sites for hydroxylation is 4. The maximum Gasteiger partial charge on any atom is 0.348 e. The van der Waals surface area contributed by atoms with Gasteiger partial charge in [-0.15, -0.1) is 11.3 Å². The van der Waals surface area contributed by atoms with E-state index in [2.05, 4.69) is 0 Å². The maximum absolute atomic E-state index is 13.8. The van der Waals surface area contributed by atoms with Gasteiger partial charge in [0.2, 0.25) is 0 Å². The van der Waals surface area contributed by atoms with Crippen LogP contribution in [-0.4, -0.2) is 33.3 Å². The number of hydrogen-bond donors (Lipinski definition) is 0. The standard InChI is InChI=1S/C27H34N2O6S/c1-9-34-23(31)20-17(3)19-21(30)29(27(7,8)24(32)35-26(4,5)6)25(33)28(22(19)36-20)15-14-18-12-10-16(2)11-13-18/h10-13H,9,14-15H2,1-8H3. The summed E-state index contributed by atoms with van der Waals surface area (Å²) >= 11 is 1.06. The average molecular weight is 515 g/mol. The highest BCUT2D eigenvalue weighted by molar-refractivity contribution is 7.20. The van der Waals surface area contributed by atoms with Crippen molar-refractivity contribution in [3.05, 3.63) is 66.7 Å². The zero-order valence-corrected chi connectivity index (χ0v) is 23.0. The van der Waals surface area contributed by atoms with Crippen molar-refractivity contribution in [3.63, 3.8) is 0 Å². The molecule has 9 heteroatoms. The summed E-state index contributed by atoms with van der Waals surface area (Å²) in [6.45, 7) is 14.0. The van der Waals surface area contributed by atoms with Crippen molar-refractivity contribution >= 4 is 33.5 Å². The molecule has 36 heavy (non-hydrogen) atoms. The first-order valence-electron chi connectivity index (χ1n) is 11.9. The second-order valence-electron chi connectivity index (χ2n) is 10.3. The molecule has 2 aromatic heterocycles. The van der Waals surface area contributed by atoms with Crippen LogP contribution in [0, 0.1) is 13.8 Å². The van der Waals surface area contributed by atoms with Crippen molar-refractivity contribution in [1.29, 1.82) is 0 Å². The molecule has 0 saturated carbocycles. The zero-order valence-electron chi connectivity index (χ0n) is 22.2. The molecule has 0 atom stereocenters. The van der Waals surface area contributed by atoms with Gasteiger partial charge in [0.15, 0.2) is 0 Å². The van der Waals surface area contributed by atoms with Gasteiger partial charge in [-0.25, -0.2) is 19.0 Å². The lowest BCUT2D eigenvalue weighted by molar-refractivity contribution is -0.164. The molecular formula is C27H34N2O6S. The quantitative estimate of drug-likeness (QED) is 0.435. The molecule has 0 aliphatic rings. The lowest BCUT2D eigenvalue weighted by atomic mass is 10.0. The number of carbonyl (C=O) groups excluding carboxylic acids is 2. The minimum absolute atomic E-state index is 0.183. The molecule has 0 radical (unpaired) electrons. The Kier molecular flexibility index (Phi) is 7.64. The molecule has 0 bridgehead atoms. The van der Waals surface area contributed by atoms with Gasteiger partial charge in [-0.05, 0) is 72.9 Å². The molecule has 0 unspecified atom stereocenters. The summed E-state index contributed by atoms with van der Waals surface area (Å²) in [6.07, 6.45) is 0.520. The molecule has 0 fully saturated rings. The summed E-state index contributed by atoms with van der Waals surface area (Å²) in [5.41, 5.74) is -1.09. The summed E-state index contributed by atoms with van der Waals surface area (Å²) in [5.74, 6) is -1.25. The van der Waals surface area contributed by atoms with Gasteiger partial charge in [0, 0.05) is 6.54 Å². The van der Waals surface area contributed by atoms with E-state index in [1.807, 2.05) is 31.2 Å². The number of fused-ring (bicyclic) bond motifs is 1. The van der Waals surface area contributed by atoms with E-state index in [0.717, 1.165) is 27.0 Å². The predicted octanol–water partition coefficient (Wildman–Crippen LogP) is 4.34. The Labute approximate surface area is 214 Å². The predicted molar refractivity (Wildman–Crippen MR) is 141 cm³/mol. The van der Waals surface area contributed by atoms with Gasteiger partial charge in [-0.1, -0.05) is 29.8 Å². The number of hydrogen-bond acceptors (Lipinski definition) is 7. The first-order valence-corrected chi connectivity index (χ1v) is 12.8. The molecule has 0 saturated heterocycles. The van der Waals surface area contributed by atoms with Crippen molar-refractivity contribution in [1.82, 2.24) is 9.13 Å². The first kappa shape index (κ1) is 27.4. The highest BCUT2D eigenvalue weighted by Crippen LogP contribution is 2.30. The molecule has 0 aliphatic carbocycles. The Bertz CT molecular complexity index is 1420. The monoisotopic (exact) mass is 514 g/mol. The third-order valence-corrected chi connectivity index (χ3v) is 7.17. The largest absolute Gasteiger partial charge is 0.462 e. The molecule has 3 rings (SSSR count). The van der Waals surface area contributed by atoms with Gasteiger partial charge in [-0.3, -0.25) is 9.36 Å². The number of esters is 2. The van der Waals surface area contributed by atoms with Crippen LogP contribution in [0.1, 0.15) is 67.9 Å². The van der Waals surface area contributed by atoms with Crippen molar-refractivity contribution in [2.45, 2.75) is 79.5 Å². The number of carbonyl (C=O) groups is 2. The van der Waals surface area contributed by atoms with E-state index in [0.29, 0.717) is 16.8 Å². The minimum Gasteiger partial charge on any atom is -0.462 e. The van der Waals surface area contributed by atoms with E-state index >= 15 is 0 Å². The molecule has 8 nitrogen and oxygen atoms in total. The Hall–Kier alpha value is -3.20. The summed E-state index contributed by atoms with van der Waals surface area (Å²) in [4.78, 5) is 54.0. The number of thiophene rings is 1. The molecule has 1 aromatic carbocycles. The number of benzene rings is 1. The molecule has 0 aliphatic heterocycles. The summed E-state index contributed by atoms with van der Waals surface area (Å²) < 4.78 is 13.2. The minimum atomic E-state index is -1.58. The Morgan fingerprint density at radius 3 is 2.17 bits per heavy atom. The van der Waals surface area contributed by atoms with Crippen molar-refractivity contribution in [2.75, 3.05) is 6.61 Å².